The third-order valence-electron chi connectivity index (χ3n) is 3.99. The molecular weight excluding hydrogens is 318 g/mol. The van der Waals surface area contributed by atoms with Gasteiger partial charge in [0.2, 0.25) is 0 Å². The molecule has 0 amide bonds. The molecule has 0 N–H and O–H groups in total. The van der Waals surface area contributed by atoms with E-state index in [-0.39, 0.29) is 5.63 Å². The van der Waals surface area contributed by atoms with Crippen LogP contribution in [-0.2, 0) is 0 Å². The van der Waals surface area contributed by atoms with Gasteiger partial charge in [-0.1, -0.05) is 48.0 Å². The molecule has 0 fully saturated rings. The summed E-state index contributed by atoms with van der Waals surface area (Å²) < 4.78 is 5.43. The van der Waals surface area contributed by atoms with Crippen LogP contribution in [0.15, 0.2) is 63.8 Å². The number of hydrogen-bond acceptors (Lipinski definition) is 4. The van der Waals surface area contributed by atoms with Crippen molar-refractivity contribution in [3.05, 3.63) is 75.5 Å². The molecule has 0 atom stereocenters. The minimum atomic E-state index is -0.349. The number of fused-ring (bicyclic) bond motifs is 1. The first kappa shape index (κ1) is 14.8. The maximum atomic E-state index is 12.3. The first-order valence-electron chi connectivity index (χ1n) is 7.69. The highest BCUT2D eigenvalue weighted by atomic mass is 32.1. The molecule has 0 aliphatic heterocycles. The summed E-state index contributed by atoms with van der Waals surface area (Å²) in [5, 5.41) is 1.60. The van der Waals surface area contributed by atoms with Crippen LogP contribution in [0.4, 0.5) is 0 Å². The molecule has 0 aliphatic rings. The summed E-state index contributed by atoms with van der Waals surface area (Å²) in [5.41, 5.74) is 3.95. The molecule has 2 aromatic carbocycles. The molecule has 2 aromatic heterocycles. The maximum Gasteiger partial charge on any atom is 0.346 e. The Balaban J connectivity index is 1.86. The third-order valence-corrected chi connectivity index (χ3v) is 5.00. The number of benzene rings is 2. The predicted molar refractivity (Wildman–Crippen MR) is 98.5 cm³/mol. The molecule has 4 rings (SSSR count). The van der Waals surface area contributed by atoms with E-state index < -0.39 is 0 Å². The van der Waals surface area contributed by atoms with E-state index in [0.717, 1.165) is 21.5 Å². The number of aromatic nitrogens is 1. The number of hydrogen-bond donors (Lipinski definition) is 0. The van der Waals surface area contributed by atoms with Crippen LogP contribution in [0.3, 0.4) is 0 Å². The highest BCUT2D eigenvalue weighted by Gasteiger charge is 2.15. The highest BCUT2D eigenvalue weighted by molar-refractivity contribution is 7.15. The average Bonchev–Trinajstić information content (AvgIpc) is 2.96. The van der Waals surface area contributed by atoms with Gasteiger partial charge in [-0.15, -0.1) is 11.3 Å². The van der Waals surface area contributed by atoms with E-state index in [2.05, 4.69) is 31.2 Å². The number of rotatable bonds is 2. The standard InChI is InChI=1S/C20H15NO2S/c1-12-7-9-14(10-8-12)18-13(2)24-19(21-18)16-11-15-5-3-4-6-17(15)23-20(16)22/h3-11H,1-2H3. The summed E-state index contributed by atoms with van der Waals surface area (Å²) in [7, 11) is 0. The Bertz CT molecular complexity index is 1090. The van der Waals surface area contributed by atoms with Crippen molar-refractivity contribution in [2.75, 3.05) is 0 Å². The molecular formula is C20H15NO2S. The van der Waals surface area contributed by atoms with Gasteiger partial charge in [0.05, 0.1) is 11.3 Å². The molecule has 3 nitrogen and oxygen atoms in total. The Kier molecular flexibility index (Phi) is 3.54. The quantitative estimate of drug-likeness (QED) is 0.474. The normalized spacial score (nSPS) is 11.1. The van der Waals surface area contributed by atoms with Crippen molar-refractivity contribution in [3.63, 3.8) is 0 Å². The summed E-state index contributed by atoms with van der Waals surface area (Å²) in [6.07, 6.45) is 0. The van der Waals surface area contributed by atoms with Crippen molar-refractivity contribution >= 4 is 22.3 Å². The predicted octanol–water partition coefficient (Wildman–Crippen LogP) is 5.20. The zero-order valence-electron chi connectivity index (χ0n) is 13.4. The van der Waals surface area contributed by atoms with Crippen molar-refractivity contribution in [2.45, 2.75) is 13.8 Å². The Morgan fingerprint density at radius 1 is 1.00 bits per heavy atom. The van der Waals surface area contributed by atoms with Crippen molar-refractivity contribution in [1.82, 2.24) is 4.98 Å². The van der Waals surface area contributed by atoms with E-state index in [1.165, 1.54) is 16.9 Å². The monoisotopic (exact) mass is 333 g/mol. The van der Waals surface area contributed by atoms with Gasteiger partial charge < -0.3 is 4.42 Å². The van der Waals surface area contributed by atoms with Gasteiger partial charge in [0, 0.05) is 15.8 Å². The van der Waals surface area contributed by atoms with E-state index in [0.29, 0.717) is 16.2 Å². The average molecular weight is 333 g/mol. The topological polar surface area (TPSA) is 43.1 Å². The van der Waals surface area contributed by atoms with Crippen LogP contribution < -0.4 is 5.63 Å². The van der Waals surface area contributed by atoms with E-state index >= 15 is 0 Å². The number of para-hydroxylation sites is 1. The van der Waals surface area contributed by atoms with Crippen LogP contribution in [0.1, 0.15) is 10.4 Å². The second-order valence-electron chi connectivity index (χ2n) is 5.78. The van der Waals surface area contributed by atoms with Gasteiger partial charge in [-0.2, -0.15) is 0 Å². The molecule has 0 radical (unpaired) electrons. The second kappa shape index (κ2) is 5.73. The molecule has 0 unspecified atom stereocenters. The lowest BCUT2D eigenvalue weighted by molar-refractivity contribution is 0.563. The van der Waals surface area contributed by atoms with E-state index in [1.807, 2.05) is 31.2 Å². The summed E-state index contributed by atoms with van der Waals surface area (Å²) >= 11 is 1.52. The largest absolute Gasteiger partial charge is 0.422 e. The lowest BCUT2D eigenvalue weighted by Crippen LogP contribution is -2.02. The van der Waals surface area contributed by atoms with Crippen LogP contribution in [0.25, 0.3) is 32.8 Å². The van der Waals surface area contributed by atoms with Gasteiger partial charge in [0.15, 0.2) is 0 Å². The molecule has 4 aromatic rings. The molecule has 0 spiro atoms. The smallest absolute Gasteiger partial charge is 0.346 e. The number of aryl methyl sites for hydroxylation is 2. The van der Waals surface area contributed by atoms with Crippen molar-refractivity contribution < 1.29 is 4.42 Å². The van der Waals surface area contributed by atoms with Gasteiger partial charge in [0.1, 0.15) is 10.6 Å². The van der Waals surface area contributed by atoms with Crippen LogP contribution in [0, 0.1) is 13.8 Å². The maximum absolute atomic E-state index is 12.3. The van der Waals surface area contributed by atoms with Crippen LogP contribution in [-0.4, -0.2) is 4.98 Å². The molecule has 4 heteroatoms. The van der Waals surface area contributed by atoms with Crippen LogP contribution in [0.5, 0.6) is 0 Å². The van der Waals surface area contributed by atoms with Gasteiger partial charge >= 0.3 is 5.63 Å². The van der Waals surface area contributed by atoms with Crippen molar-refractivity contribution in [1.29, 1.82) is 0 Å². The fraction of sp³-hybridized carbons (Fsp3) is 0.100. The Hall–Kier alpha value is -2.72. The lowest BCUT2D eigenvalue weighted by Gasteiger charge is -2.00. The first-order chi connectivity index (χ1) is 11.6. The van der Waals surface area contributed by atoms with Gasteiger partial charge in [-0.3, -0.25) is 0 Å². The molecule has 0 saturated heterocycles. The SMILES string of the molecule is Cc1ccc(-c2nc(-c3cc4ccccc4oc3=O)sc2C)cc1. The fourth-order valence-electron chi connectivity index (χ4n) is 2.70. The minimum Gasteiger partial charge on any atom is -0.422 e. The summed E-state index contributed by atoms with van der Waals surface area (Å²) in [4.78, 5) is 18.1. The van der Waals surface area contributed by atoms with Crippen molar-refractivity contribution in [2.24, 2.45) is 0 Å². The highest BCUT2D eigenvalue weighted by Crippen LogP contribution is 2.33. The summed E-state index contributed by atoms with van der Waals surface area (Å²) in [6, 6.07) is 17.6. The molecule has 0 aliphatic carbocycles. The summed E-state index contributed by atoms with van der Waals surface area (Å²) in [6.45, 7) is 4.09. The molecule has 118 valence electrons. The lowest BCUT2D eigenvalue weighted by atomic mass is 10.1. The number of nitrogens with zero attached hydrogens (tertiary/aromatic N) is 1. The van der Waals surface area contributed by atoms with Crippen LogP contribution in [0.2, 0.25) is 0 Å². The van der Waals surface area contributed by atoms with Crippen molar-refractivity contribution in [3.8, 4) is 21.8 Å². The molecule has 0 saturated carbocycles. The number of thiazole rings is 1. The third kappa shape index (κ3) is 2.55. The zero-order chi connectivity index (χ0) is 16.7. The Morgan fingerprint density at radius 2 is 1.75 bits per heavy atom. The molecule has 2 heterocycles. The minimum absolute atomic E-state index is 0.349. The van der Waals surface area contributed by atoms with E-state index in [9.17, 15) is 4.79 Å². The zero-order valence-corrected chi connectivity index (χ0v) is 14.2. The molecule has 0 bridgehead atoms. The Morgan fingerprint density at radius 3 is 2.54 bits per heavy atom. The van der Waals surface area contributed by atoms with E-state index in [1.54, 1.807) is 6.07 Å². The Labute approximate surface area is 143 Å². The fourth-order valence-corrected chi connectivity index (χ4v) is 3.64. The first-order valence-corrected chi connectivity index (χ1v) is 8.51. The summed E-state index contributed by atoms with van der Waals surface area (Å²) in [5.74, 6) is 0. The molecule has 24 heavy (non-hydrogen) atoms. The van der Waals surface area contributed by atoms with Gasteiger partial charge in [0.25, 0.3) is 0 Å². The second-order valence-corrected chi connectivity index (χ2v) is 6.98. The van der Waals surface area contributed by atoms with Gasteiger partial charge in [-0.25, -0.2) is 9.78 Å². The van der Waals surface area contributed by atoms with E-state index in [4.69, 9.17) is 9.40 Å². The van der Waals surface area contributed by atoms with Gasteiger partial charge in [-0.05, 0) is 26.0 Å². The van der Waals surface area contributed by atoms with Crippen LogP contribution >= 0.6 is 11.3 Å².